The van der Waals surface area contributed by atoms with E-state index < -0.39 is 0 Å². The molecule has 4 nitrogen and oxygen atoms in total. The Morgan fingerprint density at radius 1 is 1.57 bits per heavy atom. The summed E-state index contributed by atoms with van der Waals surface area (Å²) in [6.07, 6.45) is 2.40. The fourth-order valence-electron chi connectivity index (χ4n) is 1.50. The number of ether oxygens (including phenoxy) is 1. The van der Waals surface area contributed by atoms with Crippen LogP contribution in [0.2, 0.25) is 0 Å². The SMILES string of the molecule is CCCN=C(N)N1CCOC(CC)C1. The maximum absolute atomic E-state index is 5.87. The average Bonchev–Trinajstić information content (AvgIpc) is 2.26. The van der Waals surface area contributed by atoms with Gasteiger partial charge in [-0.1, -0.05) is 13.8 Å². The molecule has 1 aliphatic rings. The van der Waals surface area contributed by atoms with E-state index in [0.29, 0.717) is 12.1 Å². The van der Waals surface area contributed by atoms with Crippen LogP contribution in [-0.4, -0.2) is 43.2 Å². The van der Waals surface area contributed by atoms with Crippen molar-refractivity contribution in [3.05, 3.63) is 0 Å². The topological polar surface area (TPSA) is 50.8 Å². The average molecular weight is 199 g/mol. The van der Waals surface area contributed by atoms with Crippen molar-refractivity contribution in [1.29, 1.82) is 0 Å². The van der Waals surface area contributed by atoms with Gasteiger partial charge in [-0.15, -0.1) is 0 Å². The molecule has 0 radical (unpaired) electrons. The summed E-state index contributed by atoms with van der Waals surface area (Å²) < 4.78 is 5.56. The quantitative estimate of drug-likeness (QED) is 0.541. The first kappa shape index (κ1) is 11.3. The summed E-state index contributed by atoms with van der Waals surface area (Å²) in [6.45, 7) is 7.57. The molecule has 0 aromatic carbocycles. The first-order chi connectivity index (χ1) is 6.77. The molecule has 0 spiro atoms. The first-order valence-electron chi connectivity index (χ1n) is 5.44. The summed E-state index contributed by atoms with van der Waals surface area (Å²) in [4.78, 5) is 6.42. The number of nitrogens with two attached hydrogens (primary N) is 1. The van der Waals surface area contributed by atoms with Crippen LogP contribution >= 0.6 is 0 Å². The van der Waals surface area contributed by atoms with E-state index in [2.05, 4.69) is 23.7 Å². The predicted molar refractivity (Wildman–Crippen MR) is 58.4 cm³/mol. The number of aliphatic imine (C=N–C) groups is 1. The van der Waals surface area contributed by atoms with Gasteiger partial charge in [-0.05, 0) is 12.8 Å². The second kappa shape index (κ2) is 5.86. The molecule has 14 heavy (non-hydrogen) atoms. The fourth-order valence-corrected chi connectivity index (χ4v) is 1.50. The van der Waals surface area contributed by atoms with Crippen LogP contribution in [-0.2, 0) is 4.74 Å². The van der Waals surface area contributed by atoms with Gasteiger partial charge in [-0.25, -0.2) is 0 Å². The van der Waals surface area contributed by atoms with E-state index in [1.807, 2.05) is 0 Å². The zero-order valence-corrected chi connectivity index (χ0v) is 9.20. The Labute approximate surface area is 86.1 Å². The minimum Gasteiger partial charge on any atom is -0.375 e. The van der Waals surface area contributed by atoms with Crippen molar-refractivity contribution in [2.24, 2.45) is 10.7 Å². The monoisotopic (exact) mass is 199 g/mol. The highest BCUT2D eigenvalue weighted by Gasteiger charge is 2.19. The predicted octanol–water partition coefficient (Wildman–Crippen LogP) is 0.822. The number of hydrogen-bond acceptors (Lipinski definition) is 2. The van der Waals surface area contributed by atoms with Crippen molar-refractivity contribution in [3.8, 4) is 0 Å². The van der Waals surface area contributed by atoms with Crippen molar-refractivity contribution < 1.29 is 4.74 Å². The highest BCUT2D eigenvalue weighted by Crippen LogP contribution is 2.07. The number of hydrogen-bond donors (Lipinski definition) is 1. The van der Waals surface area contributed by atoms with Gasteiger partial charge in [0.25, 0.3) is 0 Å². The zero-order chi connectivity index (χ0) is 10.4. The van der Waals surface area contributed by atoms with Gasteiger partial charge in [0.15, 0.2) is 5.96 Å². The minimum absolute atomic E-state index is 0.319. The Hall–Kier alpha value is -0.770. The van der Waals surface area contributed by atoms with Crippen molar-refractivity contribution in [2.75, 3.05) is 26.2 Å². The second-order valence-corrected chi connectivity index (χ2v) is 3.59. The van der Waals surface area contributed by atoms with Gasteiger partial charge in [0, 0.05) is 19.6 Å². The summed E-state index contributed by atoms with van der Waals surface area (Å²) in [5.41, 5.74) is 5.87. The van der Waals surface area contributed by atoms with Gasteiger partial charge in [0.2, 0.25) is 0 Å². The molecule has 1 fully saturated rings. The maximum Gasteiger partial charge on any atom is 0.191 e. The van der Waals surface area contributed by atoms with Gasteiger partial charge in [-0.2, -0.15) is 0 Å². The molecule has 0 aromatic heterocycles. The molecule has 1 rings (SSSR count). The standard InChI is InChI=1S/C10H21N3O/c1-3-5-12-10(11)13-6-7-14-9(4-2)8-13/h9H,3-8H2,1-2H3,(H2,11,12). The number of morpholine rings is 1. The second-order valence-electron chi connectivity index (χ2n) is 3.59. The molecule has 1 aliphatic heterocycles. The van der Waals surface area contributed by atoms with Crippen molar-refractivity contribution in [1.82, 2.24) is 4.90 Å². The summed E-state index contributed by atoms with van der Waals surface area (Å²) >= 11 is 0. The molecule has 1 unspecified atom stereocenters. The molecule has 1 saturated heterocycles. The van der Waals surface area contributed by atoms with Crippen LogP contribution < -0.4 is 5.73 Å². The molecule has 0 aliphatic carbocycles. The third-order valence-electron chi connectivity index (χ3n) is 2.42. The highest BCUT2D eigenvalue weighted by molar-refractivity contribution is 5.78. The molecule has 0 aromatic rings. The lowest BCUT2D eigenvalue weighted by atomic mass is 10.2. The Kier molecular flexibility index (Phi) is 4.73. The maximum atomic E-state index is 5.87. The van der Waals surface area contributed by atoms with Crippen LogP contribution in [0.3, 0.4) is 0 Å². The molecular weight excluding hydrogens is 178 g/mol. The molecule has 0 saturated carbocycles. The highest BCUT2D eigenvalue weighted by atomic mass is 16.5. The molecule has 0 bridgehead atoms. The van der Waals surface area contributed by atoms with E-state index in [-0.39, 0.29) is 0 Å². The lowest BCUT2D eigenvalue weighted by Crippen LogP contribution is -2.48. The number of rotatable bonds is 3. The third kappa shape index (κ3) is 3.18. The molecule has 2 N–H and O–H groups in total. The Balaban J connectivity index is 2.42. The Bertz CT molecular complexity index is 194. The van der Waals surface area contributed by atoms with E-state index in [0.717, 1.165) is 39.1 Å². The van der Waals surface area contributed by atoms with Gasteiger partial charge in [0.05, 0.1) is 12.7 Å². The van der Waals surface area contributed by atoms with Crippen molar-refractivity contribution in [2.45, 2.75) is 32.8 Å². The van der Waals surface area contributed by atoms with Gasteiger partial charge < -0.3 is 15.4 Å². The Morgan fingerprint density at radius 3 is 3.00 bits per heavy atom. The summed E-state index contributed by atoms with van der Waals surface area (Å²) in [7, 11) is 0. The van der Waals surface area contributed by atoms with Crippen LogP contribution in [0.15, 0.2) is 4.99 Å². The lowest BCUT2D eigenvalue weighted by molar-refractivity contribution is -0.00744. The first-order valence-corrected chi connectivity index (χ1v) is 5.44. The molecule has 0 amide bonds. The third-order valence-corrected chi connectivity index (χ3v) is 2.42. The lowest BCUT2D eigenvalue weighted by Gasteiger charge is -2.33. The molecule has 1 heterocycles. The minimum atomic E-state index is 0.319. The fraction of sp³-hybridized carbons (Fsp3) is 0.900. The largest absolute Gasteiger partial charge is 0.375 e. The van der Waals surface area contributed by atoms with Crippen LogP contribution in [0.1, 0.15) is 26.7 Å². The van der Waals surface area contributed by atoms with E-state index in [9.17, 15) is 0 Å². The number of guanidine groups is 1. The zero-order valence-electron chi connectivity index (χ0n) is 9.20. The van der Waals surface area contributed by atoms with Gasteiger partial charge in [-0.3, -0.25) is 4.99 Å². The van der Waals surface area contributed by atoms with Gasteiger partial charge >= 0.3 is 0 Å². The molecular formula is C10H21N3O. The van der Waals surface area contributed by atoms with Crippen molar-refractivity contribution in [3.63, 3.8) is 0 Å². The van der Waals surface area contributed by atoms with E-state index in [1.165, 1.54) is 0 Å². The summed E-state index contributed by atoms with van der Waals surface area (Å²) in [5, 5.41) is 0. The smallest absolute Gasteiger partial charge is 0.191 e. The molecule has 82 valence electrons. The van der Waals surface area contributed by atoms with E-state index >= 15 is 0 Å². The normalized spacial score (nSPS) is 24.0. The summed E-state index contributed by atoms with van der Waals surface area (Å²) in [6, 6.07) is 0. The Morgan fingerprint density at radius 2 is 2.36 bits per heavy atom. The molecule has 1 atom stereocenters. The van der Waals surface area contributed by atoms with Crippen molar-refractivity contribution >= 4 is 5.96 Å². The summed E-state index contributed by atoms with van der Waals surface area (Å²) in [5.74, 6) is 0.675. The molecule has 4 heteroatoms. The van der Waals surface area contributed by atoms with Crippen LogP contribution in [0.5, 0.6) is 0 Å². The van der Waals surface area contributed by atoms with E-state index in [4.69, 9.17) is 10.5 Å². The van der Waals surface area contributed by atoms with Crippen LogP contribution in [0.4, 0.5) is 0 Å². The van der Waals surface area contributed by atoms with Gasteiger partial charge in [0.1, 0.15) is 0 Å². The van der Waals surface area contributed by atoms with Crippen LogP contribution in [0, 0.1) is 0 Å². The van der Waals surface area contributed by atoms with Crippen LogP contribution in [0.25, 0.3) is 0 Å². The number of nitrogens with zero attached hydrogens (tertiary/aromatic N) is 2. The van der Waals surface area contributed by atoms with E-state index in [1.54, 1.807) is 0 Å².